The number of hydrogen-bond acceptors (Lipinski definition) is 2. The van der Waals surface area contributed by atoms with E-state index in [4.69, 9.17) is 4.74 Å². The number of rotatable bonds is 5. The molecule has 4 heteroatoms. The van der Waals surface area contributed by atoms with E-state index in [1.165, 1.54) is 0 Å². The lowest BCUT2D eigenvalue weighted by molar-refractivity contribution is 0.405. The minimum Gasteiger partial charge on any atom is -0.496 e. The van der Waals surface area contributed by atoms with Crippen LogP contribution in [0.5, 0.6) is 5.75 Å². The van der Waals surface area contributed by atoms with Crippen LogP contribution in [0.3, 0.4) is 0 Å². The molecule has 0 spiro atoms. The van der Waals surface area contributed by atoms with Crippen LogP contribution in [0.2, 0.25) is 0 Å². The third-order valence-corrected chi connectivity index (χ3v) is 3.65. The molecule has 2 nitrogen and oxygen atoms in total. The fourth-order valence-corrected chi connectivity index (χ4v) is 2.39. The first-order chi connectivity index (χ1) is 10.1. The van der Waals surface area contributed by atoms with Gasteiger partial charge in [-0.2, -0.15) is 0 Å². The van der Waals surface area contributed by atoms with Crippen molar-refractivity contribution in [1.82, 2.24) is 5.32 Å². The number of para-hydroxylation sites is 1. The van der Waals surface area contributed by atoms with Gasteiger partial charge in [0.15, 0.2) is 11.6 Å². The molecule has 2 aromatic rings. The molecule has 0 fully saturated rings. The van der Waals surface area contributed by atoms with Crippen LogP contribution >= 0.6 is 0 Å². The predicted octanol–water partition coefficient (Wildman–Crippen LogP) is 3.79. The van der Waals surface area contributed by atoms with E-state index in [1.54, 1.807) is 33.2 Å². The van der Waals surface area contributed by atoms with Crippen LogP contribution in [0, 0.1) is 18.6 Å². The zero-order valence-corrected chi connectivity index (χ0v) is 12.4. The Hall–Kier alpha value is -1.94. The second-order valence-corrected chi connectivity index (χ2v) is 4.96. The van der Waals surface area contributed by atoms with Crippen LogP contribution in [0.25, 0.3) is 0 Å². The number of benzene rings is 2. The van der Waals surface area contributed by atoms with Gasteiger partial charge in [0.05, 0.1) is 7.11 Å². The summed E-state index contributed by atoms with van der Waals surface area (Å²) in [6.45, 7) is 1.55. The lowest BCUT2D eigenvalue weighted by Gasteiger charge is -2.19. The van der Waals surface area contributed by atoms with E-state index in [2.05, 4.69) is 5.32 Å². The minimum atomic E-state index is -0.788. The maximum Gasteiger partial charge on any atom is 0.163 e. The van der Waals surface area contributed by atoms with Gasteiger partial charge in [-0.1, -0.05) is 30.3 Å². The average Bonchev–Trinajstić information content (AvgIpc) is 2.51. The second-order valence-electron chi connectivity index (χ2n) is 4.96. The highest BCUT2D eigenvalue weighted by Crippen LogP contribution is 2.27. The fraction of sp³-hybridized carbons (Fsp3) is 0.294. The van der Waals surface area contributed by atoms with Gasteiger partial charge >= 0.3 is 0 Å². The van der Waals surface area contributed by atoms with Crippen molar-refractivity contribution < 1.29 is 13.5 Å². The molecule has 1 unspecified atom stereocenters. The van der Waals surface area contributed by atoms with Gasteiger partial charge in [0.25, 0.3) is 0 Å². The Morgan fingerprint density at radius 1 is 1.10 bits per heavy atom. The van der Waals surface area contributed by atoms with E-state index < -0.39 is 11.6 Å². The first kappa shape index (κ1) is 15.4. The van der Waals surface area contributed by atoms with E-state index >= 15 is 0 Å². The first-order valence-corrected chi connectivity index (χ1v) is 6.82. The summed E-state index contributed by atoms with van der Waals surface area (Å²) in [4.78, 5) is 0. The molecule has 112 valence electrons. The summed E-state index contributed by atoms with van der Waals surface area (Å²) in [5, 5.41) is 3.04. The molecule has 2 rings (SSSR count). The van der Waals surface area contributed by atoms with Crippen molar-refractivity contribution in [3.8, 4) is 5.75 Å². The Morgan fingerprint density at radius 2 is 1.81 bits per heavy atom. The molecule has 0 aromatic heterocycles. The number of hydrogen-bond donors (Lipinski definition) is 1. The van der Waals surface area contributed by atoms with Crippen LogP contribution in [-0.4, -0.2) is 14.2 Å². The van der Waals surface area contributed by atoms with Gasteiger partial charge in [-0.05, 0) is 37.6 Å². The molecule has 0 aliphatic heterocycles. The Kier molecular flexibility index (Phi) is 4.91. The molecule has 0 bridgehead atoms. The highest BCUT2D eigenvalue weighted by molar-refractivity contribution is 5.36. The topological polar surface area (TPSA) is 21.3 Å². The second kappa shape index (κ2) is 6.68. The Bertz CT molecular complexity index is 628. The molecule has 0 amide bonds. The van der Waals surface area contributed by atoms with E-state index in [0.717, 1.165) is 11.3 Å². The Labute approximate surface area is 123 Å². The highest BCUT2D eigenvalue weighted by atomic mass is 19.2. The van der Waals surface area contributed by atoms with Gasteiger partial charge in [0.1, 0.15) is 5.75 Å². The molecule has 1 atom stereocenters. The van der Waals surface area contributed by atoms with Crippen LogP contribution in [0.1, 0.15) is 22.7 Å². The predicted molar refractivity (Wildman–Crippen MR) is 79.6 cm³/mol. The van der Waals surface area contributed by atoms with Crippen molar-refractivity contribution >= 4 is 0 Å². The third kappa shape index (κ3) is 3.22. The van der Waals surface area contributed by atoms with E-state index in [1.807, 2.05) is 24.3 Å². The summed E-state index contributed by atoms with van der Waals surface area (Å²) in [7, 11) is 3.33. The van der Waals surface area contributed by atoms with Crippen LogP contribution in [0.15, 0.2) is 36.4 Å². The minimum absolute atomic E-state index is 0.309. The van der Waals surface area contributed by atoms with Crippen molar-refractivity contribution in [2.75, 3.05) is 14.2 Å². The Balaban J connectivity index is 2.35. The molecule has 21 heavy (non-hydrogen) atoms. The van der Waals surface area contributed by atoms with Crippen LogP contribution < -0.4 is 10.1 Å². The van der Waals surface area contributed by atoms with Crippen molar-refractivity contribution in [2.45, 2.75) is 19.4 Å². The Morgan fingerprint density at radius 3 is 2.48 bits per heavy atom. The maximum absolute atomic E-state index is 14.1. The van der Waals surface area contributed by atoms with Crippen molar-refractivity contribution in [3.63, 3.8) is 0 Å². The fourth-order valence-electron chi connectivity index (χ4n) is 2.39. The zero-order chi connectivity index (χ0) is 15.4. The first-order valence-electron chi connectivity index (χ1n) is 6.82. The van der Waals surface area contributed by atoms with E-state index in [0.29, 0.717) is 17.5 Å². The summed E-state index contributed by atoms with van der Waals surface area (Å²) in [6, 6.07) is 10.5. The summed E-state index contributed by atoms with van der Waals surface area (Å²) in [5.41, 5.74) is 1.58. The molecule has 2 aromatic carbocycles. The number of halogens is 2. The molecule has 0 aliphatic carbocycles. The molecule has 0 heterocycles. The van der Waals surface area contributed by atoms with E-state index in [-0.39, 0.29) is 6.04 Å². The van der Waals surface area contributed by atoms with Crippen molar-refractivity contribution in [2.24, 2.45) is 0 Å². The standard InChI is InChI=1S/C17H19F2NO/c1-11-8-9-13(17(19)16(11)18)14(20-2)10-12-6-4-5-7-15(12)21-3/h4-9,14,20H,10H2,1-3H3. The summed E-state index contributed by atoms with van der Waals surface area (Å²) in [5.74, 6) is -0.831. The maximum atomic E-state index is 14.1. The molecular weight excluding hydrogens is 272 g/mol. The third-order valence-electron chi connectivity index (χ3n) is 3.65. The van der Waals surface area contributed by atoms with Gasteiger partial charge < -0.3 is 10.1 Å². The molecule has 0 aliphatic rings. The average molecular weight is 291 g/mol. The van der Waals surface area contributed by atoms with Gasteiger partial charge in [-0.3, -0.25) is 0 Å². The van der Waals surface area contributed by atoms with Crippen LogP contribution in [-0.2, 0) is 6.42 Å². The molecule has 0 saturated carbocycles. The molecule has 0 saturated heterocycles. The number of aryl methyl sites for hydroxylation is 1. The largest absolute Gasteiger partial charge is 0.496 e. The SMILES string of the molecule is CNC(Cc1ccccc1OC)c1ccc(C)c(F)c1F. The normalized spacial score (nSPS) is 12.2. The summed E-state index contributed by atoms with van der Waals surface area (Å²) < 4.78 is 33.2. The number of methoxy groups -OCH3 is 1. The lowest BCUT2D eigenvalue weighted by atomic mass is 9.97. The van der Waals surface area contributed by atoms with Gasteiger partial charge in [-0.25, -0.2) is 8.78 Å². The molecule has 0 radical (unpaired) electrons. The molecule has 1 N–H and O–H groups in total. The van der Waals surface area contributed by atoms with Gasteiger partial charge in [0.2, 0.25) is 0 Å². The van der Waals surface area contributed by atoms with Crippen molar-refractivity contribution in [1.29, 1.82) is 0 Å². The monoisotopic (exact) mass is 291 g/mol. The molecular formula is C17H19F2NO. The van der Waals surface area contributed by atoms with Crippen molar-refractivity contribution in [3.05, 3.63) is 64.7 Å². The number of likely N-dealkylation sites (N-methyl/N-ethyl adjacent to an activating group) is 1. The summed E-state index contributed by atoms with van der Waals surface area (Å²) >= 11 is 0. The van der Waals surface area contributed by atoms with Crippen LogP contribution in [0.4, 0.5) is 8.78 Å². The van der Waals surface area contributed by atoms with Gasteiger partial charge in [0, 0.05) is 11.6 Å². The lowest BCUT2D eigenvalue weighted by Crippen LogP contribution is -2.21. The van der Waals surface area contributed by atoms with Gasteiger partial charge in [-0.15, -0.1) is 0 Å². The number of ether oxygens (including phenoxy) is 1. The smallest absolute Gasteiger partial charge is 0.163 e. The highest BCUT2D eigenvalue weighted by Gasteiger charge is 2.19. The quantitative estimate of drug-likeness (QED) is 0.905. The van der Waals surface area contributed by atoms with E-state index in [9.17, 15) is 8.78 Å². The number of nitrogens with one attached hydrogen (secondary N) is 1. The summed E-state index contributed by atoms with van der Waals surface area (Å²) in [6.07, 6.45) is 0.514. The zero-order valence-electron chi connectivity index (χ0n) is 12.4.